The Labute approximate surface area is 152 Å². The lowest BCUT2D eigenvalue weighted by Crippen LogP contribution is -2.12. The summed E-state index contributed by atoms with van der Waals surface area (Å²) in [5, 5.41) is 9.25. The maximum absolute atomic E-state index is 13.3. The van der Waals surface area contributed by atoms with Gasteiger partial charge in [-0.05, 0) is 30.2 Å². The van der Waals surface area contributed by atoms with Crippen LogP contribution in [-0.2, 0) is 6.61 Å². The quantitative estimate of drug-likeness (QED) is 0.700. The number of hydrogen-bond donors (Lipinski definition) is 1. The zero-order valence-corrected chi connectivity index (χ0v) is 14.1. The Morgan fingerprint density at radius 2 is 1.81 bits per heavy atom. The molecule has 0 fully saturated rings. The third kappa shape index (κ3) is 3.85. The Morgan fingerprint density at radius 3 is 2.48 bits per heavy atom. The first-order valence-electron chi connectivity index (χ1n) is 7.89. The SMILES string of the molecule is Cc1cc(-c2cccc(COc3cc(F)c(F)c(F)c3)c2)c(C#N)c(=O)[nH]1. The Morgan fingerprint density at radius 1 is 1.11 bits per heavy atom. The summed E-state index contributed by atoms with van der Waals surface area (Å²) in [7, 11) is 0. The normalized spacial score (nSPS) is 10.5. The minimum absolute atomic E-state index is 0.0126. The van der Waals surface area contributed by atoms with Crippen LogP contribution in [0.3, 0.4) is 0 Å². The van der Waals surface area contributed by atoms with E-state index in [2.05, 4.69) is 4.98 Å². The van der Waals surface area contributed by atoms with Crippen molar-refractivity contribution in [3.05, 3.63) is 87.1 Å². The topological polar surface area (TPSA) is 65.9 Å². The van der Waals surface area contributed by atoms with E-state index >= 15 is 0 Å². The molecule has 0 amide bonds. The summed E-state index contributed by atoms with van der Waals surface area (Å²) in [5.74, 6) is -4.38. The number of aromatic amines is 1. The van der Waals surface area contributed by atoms with Crippen LogP contribution in [-0.4, -0.2) is 4.98 Å². The maximum Gasteiger partial charge on any atom is 0.266 e. The number of benzene rings is 2. The second kappa shape index (κ2) is 7.38. The summed E-state index contributed by atoms with van der Waals surface area (Å²) >= 11 is 0. The molecular formula is C20H13F3N2O2. The van der Waals surface area contributed by atoms with Crippen molar-refractivity contribution in [2.24, 2.45) is 0 Å². The van der Waals surface area contributed by atoms with Gasteiger partial charge in [0.25, 0.3) is 5.56 Å². The average Bonchev–Trinajstić information content (AvgIpc) is 2.64. The van der Waals surface area contributed by atoms with E-state index < -0.39 is 23.0 Å². The van der Waals surface area contributed by atoms with Gasteiger partial charge in [0.15, 0.2) is 17.5 Å². The second-order valence-corrected chi connectivity index (χ2v) is 5.87. The van der Waals surface area contributed by atoms with Crippen molar-refractivity contribution in [1.29, 1.82) is 5.26 Å². The van der Waals surface area contributed by atoms with Crippen LogP contribution in [0.15, 0.2) is 47.3 Å². The number of pyridine rings is 1. The number of aryl methyl sites for hydroxylation is 1. The summed E-state index contributed by atoms with van der Waals surface area (Å²) in [6, 6.07) is 11.9. The molecule has 0 unspecified atom stereocenters. The lowest BCUT2D eigenvalue weighted by atomic mass is 9.99. The second-order valence-electron chi connectivity index (χ2n) is 5.87. The van der Waals surface area contributed by atoms with E-state index in [-0.39, 0.29) is 17.9 Å². The zero-order chi connectivity index (χ0) is 19.6. The molecule has 3 aromatic rings. The number of aromatic nitrogens is 1. The molecule has 1 heterocycles. The standard InChI is InChI=1S/C20H13F3N2O2/c1-11-5-15(16(9-24)20(26)25-11)13-4-2-3-12(6-13)10-27-14-7-17(21)19(23)18(22)8-14/h2-8H,10H2,1H3,(H,25,26). The minimum atomic E-state index is -1.56. The van der Waals surface area contributed by atoms with E-state index in [4.69, 9.17) is 4.74 Å². The van der Waals surface area contributed by atoms with Crippen molar-refractivity contribution in [2.75, 3.05) is 0 Å². The van der Waals surface area contributed by atoms with Gasteiger partial charge in [-0.3, -0.25) is 4.79 Å². The molecule has 0 aliphatic carbocycles. The van der Waals surface area contributed by atoms with Crippen molar-refractivity contribution in [2.45, 2.75) is 13.5 Å². The zero-order valence-electron chi connectivity index (χ0n) is 14.1. The van der Waals surface area contributed by atoms with Gasteiger partial charge in [0.1, 0.15) is 24.0 Å². The fraction of sp³-hybridized carbons (Fsp3) is 0.100. The van der Waals surface area contributed by atoms with E-state index in [1.807, 2.05) is 6.07 Å². The van der Waals surface area contributed by atoms with Crippen LogP contribution in [0.2, 0.25) is 0 Å². The molecule has 27 heavy (non-hydrogen) atoms. The maximum atomic E-state index is 13.3. The molecule has 0 aliphatic heterocycles. The van der Waals surface area contributed by atoms with Gasteiger partial charge in [-0.1, -0.05) is 18.2 Å². The van der Waals surface area contributed by atoms with Crippen molar-refractivity contribution in [1.82, 2.24) is 4.98 Å². The van der Waals surface area contributed by atoms with E-state index in [1.54, 1.807) is 37.3 Å². The van der Waals surface area contributed by atoms with Gasteiger partial charge in [0, 0.05) is 23.4 Å². The summed E-state index contributed by atoms with van der Waals surface area (Å²) in [5.41, 5.74) is 1.85. The fourth-order valence-electron chi connectivity index (χ4n) is 2.64. The van der Waals surface area contributed by atoms with Crippen LogP contribution < -0.4 is 10.3 Å². The molecule has 2 aromatic carbocycles. The minimum Gasteiger partial charge on any atom is -0.489 e. The molecule has 1 N–H and O–H groups in total. The first-order chi connectivity index (χ1) is 12.9. The van der Waals surface area contributed by atoms with Gasteiger partial charge in [-0.15, -0.1) is 0 Å². The third-order valence-electron chi connectivity index (χ3n) is 3.88. The number of halogens is 3. The summed E-state index contributed by atoms with van der Waals surface area (Å²) in [6.07, 6.45) is 0. The molecule has 0 spiro atoms. The Kier molecular flexibility index (Phi) is 4.99. The van der Waals surface area contributed by atoms with Gasteiger partial charge in [0.2, 0.25) is 0 Å². The largest absolute Gasteiger partial charge is 0.489 e. The smallest absolute Gasteiger partial charge is 0.266 e. The molecule has 136 valence electrons. The van der Waals surface area contributed by atoms with Crippen LogP contribution in [0.25, 0.3) is 11.1 Å². The van der Waals surface area contributed by atoms with E-state index in [0.717, 1.165) is 12.1 Å². The van der Waals surface area contributed by atoms with Crippen LogP contribution >= 0.6 is 0 Å². The molecule has 0 radical (unpaired) electrons. The van der Waals surface area contributed by atoms with E-state index in [1.165, 1.54) is 0 Å². The first-order valence-corrected chi connectivity index (χ1v) is 7.89. The summed E-state index contributed by atoms with van der Waals surface area (Å²) in [6.45, 7) is 1.67. The molecule has 7 heteroatoms. The van der Waals surface area contributed by atoms with Crippen molar-refractivity contribution in [3.8, 4) is 22.9 Å². The van der Waals surface area contributed by atoms with E-state index in [9.17, 15) is 23.2 Å². The number of H-pyrrole nitrogens is 1. The van der Waals surface area contributed by atoms with Gasteiger partial charge in [0.05, 0.1) is 0 Å². The molecule has 0 saturated carbocycles. The van der Waals surface area contributed by atoms with E-state index in [0.29, 0.717) is 22.4 Å². The lowest BCUT2D eigenvalue weighted by Gasteiger charge is -2.10. The first kappa shape index (κ1) is 18.3. The highest BCUT2D eigenvalue weighted by molar-refractivity contribution is 5.70. The molecule has 0 aliphatic rings. The Balaban J connectivity index is 1.89. The van der Waals surface area contributed by atoms with Crippen molar-refractivity contribution >= 4 is 0 Å². The predicted octanol–water partition coefficient (Wildman–Crippen LogP) is 4.22. The molecular weight excluding hydrogens is 357 g/mol. The number of rotatable bonds is 4. The highest BCUT2D eigenvalue weighted by atomic mass is 19.2. The summed E-state index contributed by atoms with van der Waals surface area (Å²) in [4.78, 5) is 14.5. The third-order valence-corrected chi connectivity index (χ3v) is 3.88. The number of nitrogens with zero attached hydrogens (tertiary/aromatic N) is 1. The van der Waals surface area contributed by atoms with Gasteiger partial charge < -0.3 is 9.72 Å². The van der Waals surface area contributed by atoms with Crippen LogP contribution in [0.5, 0.6) is 5.75 Å². The molecule has 1 aromatic heterocycles. The highest BCUT2D eigenvalue weighted by Gasteiger charge is 2.13. The van der Waals surface area contributed by atoms with Crippen molar-refractivity contribution < 1.29 is 17.9 Å². The van der Waals surface area contributed by atoms with Crippen molar-refractivity contribution in [3.63, 3.8) is 0 Å². The van der Waals surface area contributed by atoms with Gasteiger partial charge >= 0.3 is 0 Å². The molecule has 4 nitrogen and oxygen atoms in total. The molecule has 0 bridgehead atoms. The molecule has 3 rings (SSSR count). The van der Waals surface area contributed by atoms with Crippen LogP contribution in [0.4, 0.5) is 13.2 Å². The van der Waals surface area contributed by atoms with Gasteiger partial charge in [-0.2, -0.15) is 5.26 Å². The number of nitrogens with one attached hydrogen (secondary N) is 1. The molecule has 0 atom stereocenters. The Hall–Kier alpha value is -3.53. The van der Waals surface area contributed by atoms with Crippen LogP contribution in [0.1, 0.15) is 16.8 Å². The monoisotopic (exact) mass is 370 g/mol. The highest BCUT2D eigenvalue weighted by Crippen LogP contribution is 2.24. The lowest BCUT2D eigenvalue weighted by molar-refractivity contribution is 0.299. The molecule has 0 saturated heterocycles. The average molecular weight is 370 g/mol. The number of nitriles is 1. The van der Waals surface area contributed by atoms with Crippen LogP contribution in [0, 0.1) is 35.7 Å². The van der Waals surface area contributed by atoms with Gasteiger partial charge in [-0.25, -0.2) is 13.2 Å². The Bertz CT molecular complexity index is 1090. The number of ether oxygens (including phenoxy) is 1. The fourth-order valence-corrected chi connectivity index (χ4v) is 2.64. The number of hydrogen-bond acceptors (Lipinski definition) is 3. The predicted molar refractivity (Wildman–Crippen MR) is 92.6 cm³/mol. The summed E-state index contributed by atoms with van der Waals surface area (Å²) < 4.78 is 44.8.